The van der Waals surface area contributed by atoms with Crippen LogP contribution in [0, 0.1) is 20.8 Å². The van der Waals surface area contributed by atoms with Crippen molar-refractivity contribution in [3.05, 3.63) is 58.1 Å². The van der Waals surface area contributed by atoms with Gasteiger partial charge in [-0.1, -0.05) is 18.2 Å². The molecule has 1 amide bonds. The first kappa shape index (κ1) is 16.7. The van der Waals surface area contributed by atoms with Gasteiger partial charge < -0.3 is 10.6 Å². The molecule has 4 nitrogen and oxygen atoms in total. The van der Waals surface area contributed by atoms with E-state index in [-0.39, 0.29) is 11.7 Å². The summed E-state index contributed by atoms with van der Waals surface area (Å²) in [4.78, 5) is 23.8. The molecule has 0 saturated heterocycles. The lowest BCUT2D eigenvalue weighted by atomic mass is 10.0. The maximum Gasteiger partial charge on any atom is 0.255 e. The molecule has 120 valence electrons. The Morgan fingerprint density at radius 2 is 1.39 bits per heavy atom. The topological polar surface area (TPSA) is 58.2 Å². The van der Waals surface area contributed by atoms with Crippen LogP contribution in [0.1, 0.15) is 44.3 Å². The minimum atomic E-state index is -0.183. The van der Waals surface area contributed by atoms with Gasteiger partial charge in [-0.05, 0) is 56.5 Å². The van der Waals surface area contributed by atoms with Crippen molar-refractivity contribution in [2.24, 2.45) is 0 Å². The maximum atomic E-state index is 12.5. The largest absolute Gasteiger partial charge is 0.388 e. The van der Waals surface area contributed by atoms with Crippen molar-refractivity contribution in [3.8, 4) is 0 Å². The number of nitrogens with one attached hydrogen (secondary N) is 2. The van der Waals surface area contributed by atoms with Crippen molar-refractivity contribution in [3.63, 3.8) is 0 Å². The van der Waals surface area contributed by atoms with Crippen LogP contribution >= 0.6 is 0 Å². The van der Waals surface area contributed by atoms with Gasteiger partial charge in [-0.2, -0.15) is 0 Å². The van der Waals surface area contributed by atoms with Crippen molar-refractivity contribution >= 4 is 23.1 Å². The molecule has 0 aliphatic carbocycles. The minimum Gasteiger partial charge on any atom is -0.388 e. The van der Waals surface area contributed by atoms with Crippen LogP contribution in [-0.2, 0) is 0 Å². The molecule has 0 fully saturated rings. The summed E-state index contributed by atoms with van der Waals surface area (Å²) in [5.74, 6) is -0.196. The summed E-state index contributed by atoms with van der Waals surface area (Å²) in [5.41, 5.74) is 6.15. The van der Waals surface area contributed by atoms with Crippen molar-refractivity contribution in [1.29, 1.82) is 0 Å². The lowest BCUT2D eigenvalue weighted by molar-refractivity contribution is 0.100. The summed E-state index contributed by atoms with van der Waals surface area (Å²) < 4.78 is 0. The van der Waals surface area contributed by atoms with E-state index in [1.54, 1.807) is 24.3 Å². The first-order valence-corrected chi connectivity index (χ1v) is 7.56. The Balaban J connectivity index is 2.32. The molecule has 2 rings (SSSR count). The Hall–Kier alpha value is -2.62. The van der Waals surface area contributed by atoms with Crippen molar-refractivity contribution in [2.45, 2.75) is 27.7 Å². The van der Waals surface area contributed by atoms with Crippen LogP contribution in [0.3, 0.4) is 0 Å². The van der Waals surface area contributed by atoms with Gasteiger partial charge in [0.2, 0.25) is 0 Å². The Bertz CT molecular complexity index is 762. The molecule has 0 atom stereocenters. The van der Waals surface area contributed by atoms with Crippen LogP contribution in [0.4, 0.5) is 11.4 Å². The summed E-state index contributed by atoms with van der Waals surface area (Å²) in [6.45, 7) is 7.51. The molecule has 0 aliphatic heterocycles. The van der Waals surface area contributed by atoms with E-state index < -0.39 is 0 Å². The average Bonchev–Trinajstić information content (AvgIpc) is 2.51. The fourth-order valence-electron chi connectivity index (χ4n) is 2.80. The third-order valence-corrected chi connectivity index (χ3v) is 4.01. The van der Waals surface area contributed by atoms with E-state index in [2.05, 4.69) is 10.6 Å². The first-order valence-electron chi connectivity index (χ1n) is 7.56. The van der Waals surface area contributed by atoms with E-state index >= 15 is 0 Å². The molecule has 2 N–H and O–H groups in total. The number of hydrogen-bond acceptors (Lipinski definition) is 3. The Labute approximate surface area is 136 Å². The summed E-state index contributed by atoms with van der Waals surface area (Å²) >= 11 is 0. The molecule has 0 saturated carbocycles. The first-order chi connectivity index (χ1) is 10.8. The fourth-order valence-corrected chi connectivity index (χ4v) is 2.80. The van der Waals surface area contributed by atoms with E-state index in [9.17, 15) is 9.59 Å². The van der Waals surface area contributed by atoms with Gasteiger partial charge in [0.05, 0.1) is 0 Å². The predicted octanol–water partition coefficient (Wildman–Crippen LogP) is 4.11. The fraction of sp³-hybridized carbons (Fsp3) is 0.263. The Morgan fingerprint density at radius 3 is 1.91 bits per heavy atom. The molecule has 0 aliphatic rings. The number of amides is 1. The molecule has 0 bridgehead atoms. The highest BCUT2D eigenvalue weighted by Gasteiger charge is 2.14. The van der Waals surface area contributed by atoms with E-state index in [0.29, 0.717) is 11.1 Å². The smallest absolute Gasteiger partial charge is 0.255 e. The molecule has 0 unspecified atom stereocenters. The SMILES string of the molecule is CNc1c(C)cc(C)c(NC(=O)c2ccc(C(C)=O)cc2)c1C. The van der Waals surface area contributed by atoms with Gasteiger partial charge in [-0.25, -0.2) is 0 Å². The van der Waals surface area contributed by atoms with E-state index in [0.717, 1.165) is 28.1 Å². The Morgan fingerprint density at radius 1 is 0.870 bits per heavy atom. The highest BCUT2D eigenvalue weighted by molar-refractivity contribution is 6.06. The molecule has 2 aromatic rings. The molecule has 23 heavy (non-hydrogen) atoms. The number of rotatable bonds is 4. The summed E-state index contributed by atoms with van der Waals surface area (Å²) in [5, 5.41) is 6.16. The van der Waals surface area contributed by atoms with Gasteiger partial charge in [0.25, 0.3) is 5.91 Å². The van der Waals surface area contributed by atoms with Gasteiger partial charge in [0, 0.05) is 29.5 Å². The number of carbonyl (C=O) groups excluding carboxylic acids is 2. The molecule has 0 aromatic heterocycles. The zero-order valence-electron chi connectivity index (χ0n) is 14.2. The highest BCUT2D eigenvalue weighted by Crippen LogP contribution is 2.30. The second kappa shape index (κ2) is 6.65. The Kier molecular flexibility index (Phi) is 4.84. The summed E-state index contributed by atoms with van der Waals surface area (Å²) in [7, 11) is 1.87. The quantitative estimate of drug-likeness (QED) is 0.836. The predicted molar refractivity (Wildman–Crippen MR) is 94.6 cm³/mol. The number of anilines is 2. The lowest BCUT2D eigenvalue weighted by Gasteiger charge is -2.18. The molecular weight excluding hydrogens is 288 g/mol. The van der Waals surface area contributed by atoms with Crippen molar-refractivity contribution in [2.75, 3.05) is 17.7 Å². The van der Waals surface area contributed by atoms with Crippen LogP contribution in [0.2, 0.25) is 0 Å². The third kappa shape index (κ3) is 3.42. The molecule has 2 aromatic carbocycles. The van der Waals surface area contributed by atoms with Crippen LogP contribution in [0.5, 0.6) is 0 Å². The molecule has 0 radical (unpaired) electrons. The second-order valence-electron chi connectivity index (χ2n) is 5.72. The summed E-state index contributed by atoms with van der Waals surface area (Å²) in [6.07, 6.45) is 0. The number of carbonyl (C=O) groups is 2. The van der Waals surface area contributed by atoms with Gasteiger partial charge in [0.15, 0.2) is 5.78 Å². The monoisotopic (exact) mass is 310 g/mol. The highest BCUT2D eigenvalue weighted by atomic mass is 16.1. The summed E-state index contributed by atoms with van der Waals surface area (Å²) in [6, 6.07) is 8.73. The number of ketones is 1. The molecular formula is C19H22N2O2. The van der Waals surface area contributed by atoms with Crippen LogP contribution in [0.15, 0.2) is 30.3 Å². The number of hydrogen-bond donors (Lipinski definition) is 2. The normalized spacial score (nSPS) is 10.3. The number of benzene rings is 2. The zero-order chi connectivity index (χ0) is 17.1. The van der Waals surface area contributed by atoms with Gasteiger partial charge >= 0.3 is 0 Å². The number of Topliss-reactive ketones (excluding diaryl/α,β-unsaturated/α-hetero) is 1. The maximum absolute atomic E-state index is 12.5. The van der Waals surface area contributed by atoms with Crippen molar-refractivity contribution in [1.82, 2.24) is 0 Å². The average molecular weight is 310 g/mol. The van der Waals surface area contributed by atoms with Gasteiger partial charge in [-0.3, -0.25) is 9.59 Å². The van der Waals surface area contributed by atoms with Gasteiger partial charge in [0.1, 0.15) is 0 Å². The zero-order valence-corrected chi connectivity index (χ0v) is 14.2. The van der Waals surface area contributed by atoms with E-state index in [1.807, 2.05) is 33.9 Å². The van der Waals surface area contributed by atoms with Crippen LogP contribution in [-0.4, -0.2) is 18.7 Å². The van der Waals surface area contributed by atoms with E-state index in [1.165, 1.54) is 6.92 Å². The van der Waals surface area contributed by atoms with Crippen LogP contribution in [0.25, 0.3) is 0 Å². The lowest BCUT2D eigenvalue weighted by Crippen LogP contribution is -2.15. The second-order valence-corrected chi connectivity index (χ2v) is 5.72. The molecule has 4 heteroatoms. The van der Waals surface area contributed by atoms with Crippen LogP contribution < -0.4 is 10.6 Å². The van der Waals surface area contributed by atoms with Crippen molar-refractivity contribution < 1.29 is 9.59 Å². The van der Waals surface area contributed by atoms with Gasteiger partial charge in [-0.15, -0.1) is 0 Å². The minimum absolute atomic E-state index is 0.0131. The van der Waals surface area contributed by atoms with E-state index in [4.69, 9.17) is 0 Å². The number of aryl methyl sites for hydroxylation is 2. The third-order valence-electron chi connectivity index (χ3n) is 4.01. The molecule has 0 spiro atoms. The molecule has 0 heterocycles. The standard InChI is InChI=1S/C19H22N2O2/c1-11-10-12(2)18(13(3)17(11)20-5)21-19(23)16-8-6-15(7-9-16)14(4)22/h6-10,20H,1-5H3,(H,21,23).